The van der Waals surface area contributed by atoms with Crippen molar-refractivity contribution in [3.05, 3.63) is 34.7 Å². The minimum Gasteiger partial charge on any atom is -0.391 e. The van der Waals surface area contributed by atoms with Crippen molar-refractivity contribution in [1.29, 1.82) is 0 Å². The van der Waals surface area contributed by atoms with E-state index in [1.54, 1.807) is 12.3 Å². The molecule has 1 aliphatic carbocycles. The lowest BCUT2D eigenvalue weighted by atomic mass is 9.93. The molecule has 0 radical (unpaired) electrons. The lowest BCUT2D eigenvalue weighted by Crippen LogP contribution is -2.45. The molecule has 168 valence electrons. The SMILES string of the molecule is CN(C)c1nccc(NCC2CCCCN2c2ccc(=O)n(C3CCCCC3O)n2)n1. The summed E-state index contributed by atoms with van der Waals surface area (Å²) in [4.78, 5) is 25.5. The average Bonchev–Trinajstić information content (AvgIpc) is 2.79. The van der Waals surface area contributed by atoms with Crippen LogP contribution in [-0.2, 0) is 0 Å². The van der Waals surface area contributed by atoms with Gasteiger partial charge in [0.1, 0.15) is 11.6 Å². The van der Waals surface area contributed by atoms with Crippen LogP contribution in [0.1, 0.15) is 51.0 Å². The van der Waals surface area contributed by atoms with Crippen molar-refractivity contribution in [2.45, 2.75) is 63.1 Å². The third kappa shape index (κ3) is 4.98. The summed E-state index contributed by atoms with van der Waals surface area (Å²) in [6, 6.07) is 5.31. The second kappa shape index (κ2) is 9.64. The van der Waals surface area contributed by atoms with Gasteiger partial charge in [-0.15, -0.1) is 0 Å². The summed E-state index contributed by atoms with van der Waals surface area (Å²) in [7, 11) is 3.84. The van der Waals surface area contributed by atoms with E-state index in [0.717, 1.165) is 69.7 Å². The molecule has 9 nitrogen and oxygen atoms in total. The zero-order valence-corrected chi connectivity index (χ0v) is 18.4. The highest BCUT2D eigenvalue weighted by Crippen LogP contribution is 2.28. The molecule has 2 aromatic rings. The molecule has 0 amide bonds. The monoisotopic (exact) mass is 427 g/mol. The molecule has 3 unspecified atom stereocenters. The predicted molar refractivity (Wildman–Crippen MR) is 122 cm³/mol. The molecule has 3 atom stereocenters. The first-order valence-electron chi connectivity index (χ1n) is 11.3. The van der Waals surface area contributed by atoms with E-state index in [1.807, 2.05) is 31.1 Å². The Hall–Kier alpha value is -2.68. The standard InChI is InChI=1S/C22H33N7O2/c1-27(2)22-23-13-12-19(25-22)24-15-16-7-5-6-14-28(16)20-10-11-21(31)29(26-20)17-8-3-4-9-18(17)30/h10-13,16-18,30H,3-9,14-15H2,1-2H3,(H,23,24,25). The van der Waals surface area contributed by atoms with Gasteiger partial charge in [-0.3, -0.25) is 4.79 Å². The van der Waals surface area contributed by atoms with Crippen LogP contribution in [0.5, 0.6) is 0 Å². The minimum absolute atomic E-state index is 0.140. The van der Waals surface area contributed by atoms with E-state index in [9.17, 15) is 9.90 Å². The van der Waals surface area contributed by atoms with Crippen LogP contribution in [0.15, 0.2) is 29.2 Å². The Labute approximate surface area is 183 Å². The van der Waals surface area contributed by atoms with Gasteiger partial charge in [-0.05, 0) is 44.2 Å². The smallest absolute Gasteiger partial charge is 0.267 e. The molecule has 1 saturated carbocycles. The van der Waals surface area contributed by atoms with Gasteiger partial charge in [0.05, 0.1) is 12.1 Å². The molecule has 1 saturated heterocycles. The second-order valence-electron chi connectivity index (χ2n) is 8.75. The maximum absolute atomic E-state index is 12.5. The van der Waals surface area contributed by atoms with Crippen LogP contribution < -0.4 is 20.7 Å². The lowest BCUT2D eigenvalue weighted by Gasteiger charge is -2.37. The van der Waals surface area contributed by atoms with Crippen LogP contribution in [0.2, 0.25) is 0 Å². The molecule has 3 heterocycles. The molecule has 4 rings (SSSR count). The Kier molecular flexibility index (Phi) is 6.70. The van der Waals surface area contributed by atoms with E-state index in [4.69, 9.17) is 5.10 Å². The van der Waals surface area contributed by atoms with Gasteiger partial charge in [0.15, 0.2) is 0 Å². The second-order valence-corrected chi connectivity index (χ2v) is 8.75. The minimum atomic E-state index is -0.503. The normalized spacial score (nSPS) is 24.1. The van der Waals surface area contributed by atoms with Crippen LogP contribution >= 0.6 is 0 Å². The summed E-state index contributed by atoms with van der Waals surface area (Å²) >= 11 is 0. The molecular weight excluding hydrogens is 394 g/mol. The van der Waals surface area contributed by atoms with Crippen LogP contribution in [0.3, 0.4) is 0 Å². The molecule has 2 fully saturated rings. The first-order valence-corrected chi connectivity index (χ1v) is 11.3. The Morgan fingerprint density at radius 2 is 1.94 bits per heavy atom. The van der Waals surface area contributed by atoms with Gasteiger partial charge in [0.2, 0.25) is 5.95 Å². The number of hydrogen-bond donors (Lipinski definition) is 2. The molecule has 0 aromatic carbocycles. The van der Waals surface area contributed by atoms with Gasteiger partial charge < -0.3 is 20.2 Å². The van der Waals surface area contributed by atoms with Gasteiger partial charge in [0.25, 0.3) is 5.56 Å². The van der Waals surface area contributed by atoms with Crippen LogP contribution in [0, 0.1) is 0 Å². The van der Waals surface area contributed by atoms with E-state index >= 15 is 0 Å². The molecule has 2 aromatic heterocycles. The third-order valence-electron chi connectivity index (χ3n) is 6.30. The van der Waals surface area contributed by atoms with Gasteiger partial charge in [-0.25, -0.2) is 9.67 Å². The number of rotatable bonds is 6. The highest BCUT2D eigenvalue weighted by Gasteiger charge is 2.28. The first kappa shape index (κ1) is 21.5. The summed E-state index contributed by atoms with van der Waals surface area (Å²) in [5.74, 6) is 2.28. The molecule has 1 aliphatic heterocycles. The largest absolute Gasteiger partial charge is 0.391 e. The number of aliphatic hydroxyl groups is 1. The Morgan fingerprint density at radius 1 is 1.13 bits per heavy atom. The summed E-state index contributed by atoms with van der Waals surface area (Å²) in [5, 5.41) is 18.6. The quantitative estimate of drug-likeness (QED) is 0.723. The highest BCUT2D eigenvalue weighted by molar-refractivity contribution is 5.43. The van der Waals surface area contributed by atoms with Gasteiger partial charge in [-0.2, -0.15) is 10.1 Å². The van der Waals surface area contributed by atoms with E-state index in [1.165, 1.54) is 4.68 Å². The number of piperidine rings is 1. The number of aromatic nitrogens is 4. The summed E-state index contributed by atoms with van der Waals surface area (Å²) in [6.07, 6.45) is 8.11. The zero-order chi connectivity index (χ0) is 21.8. The average molecular weight is 428 g/mol. The van der Waals surface area contributed by atoms with Crippen molar-refractivity contribution in [1.82, 2.24) is 19.7 Å². The number of aliphatic hydroxyl groups excluding tert-OH is 1. The van der Waals surface area contributed by atoms with E-state index in [-0.39, 0.29) is 17.6 Å². The molecule has 0 bridgehead atoms. The first-order chi connectivity index (χ1) is 15.0. The van der Waals surface area contributed by atoms with Gasteiger partial charge in [0, 0.05) is 45.5 Å². The van der Waals surface area contributed by atoms with Crippen molar-refractivity contribution in [2.75, 3.05) is 42.3 Å². The van der Waals surface area contributed by atoms with Crippen molar-refractivity contribution in [3.8, 4) is 0 Å². The van der Waals surface area contributed by atoms with Gasteiger partial charge >= 0.3 is 0 Å². The van der Waals surface area contributed by atoms with E-state index in [2.05, 4.69) is 20.2 Å². The number of nitrogens with one attached hydrogen (secondary N) is 1. The predicted octanol–water partition coefficient (Wildman–Crippen LogP) is 2.05. The maximum Gasteiger partial charge on any atom is 0.267 e. The van der Waals surface area contributed by atoms with Crippen molar-refractivity contribution in [3.63, 3.8) is 0 Å². The zero-order valence-electron chi connectivity index (χ0n) is 18.4. The Morgan fingerprint density at radius 3 is 2.74 bits per heavy atom. The van der Waals surface area contributed by atoms with Crippen molar-refractivity contribution in [2.24, 2.45) is 0 Å². The van der Waals surface area contributed by atoms with Crippen LogP contribution in [-0.4, -0.2) is 64.2 Å². The Balaban J connectivity index is 1.51. The van der Waals surface area contributed by atoms with Crippen LogP contribution in [0.25, 0.3) is 0 Å². The molecular formula is C22H33N7O2. The maximum atomic E-state index is 12.5. The number of hydrogen-bond acceptors (Lipinski definition) is 8. The molecule has 2 aliphatic rings. The third-order valence-corrected chi connectivity index (χ3v) is 6.30. The molecule has 0 spiro atoms. The summed E-state index contributed by atoms with van der Waals surface area (Å²) in [6.45, 7) is 1.63. The lowest BCUT2D eigenvalue weighted by molar-refractivity contribution is 0.0669. The molecule has 9 heteroatoms. The van der Waals surface area contributed by atoms with E-state index in [0.29, 0.717) is 5.95 Å². The van der Waals surface area contributed by atoms with Gasteiger partial charge in [-0.1, -0.05) is 12.8 Å². The summed E-state index contributed by atoms with van der Waals surface area (Å²) < 4.78 is 1.52. The van der Waals surface area contributed by atoms with E-state index < -0.39 is 6.10 Å². The fraction of sp³-hybridized carbons (Fsp3) is 0.636. The topological polar surface area (TPSA) is 99.4 Å². The fourth-order valence-corrected chi connectivity index (χ4v) is 4.58. The molecule has 31 heavy (non-hydrogen) atoms. The van der Waals surface area contributed by atoms with Crippen molar-refractivity contribution >= 4 is 17.6 Å². The Bertz CT molecular complexity index is 932. The molecule has 2 N–H and O–H groups in total. The number of anilines is 3. The number of nitrogens with zero attached hydrogens (tertiary/aromatic N) is 6. The van der Waals surface area contributed by atoms with Crippen molar-refractivity contribution < 1.29 is 5.11 Å². The fourth-order valence-electron chi connectivity index (χ4n) is 4.58. The summed E-state index contributed by atoms with van der Waals surface area (Å²) in [5.41, 5.74) is -0.140. The highest BCUT2D eigenvalue weighted by atomic mass is 16.3. The van der Waals surface area contributed by atoms with Crippen LogP contribution in [0.4, 0.5) is 17.6 Å².